The molecule has 0 aliphatic carbocycles. The number of nitrogens with one attached hydrogen (secondary N) is 2. The van der Waals surface area contributed by atoms with Crippen LogP contribution in [-0.4, -0.2) is 64.6 Å². The predicted octanol–water partition coefficient (Wildman–Crippen LogP) is 5.56. The van der Waals surface area contributed by atoms with E-state index in [-0.39, 0.29) is 31.1 Å². The number of oxazole rings is 2. The minimum atomic E-state index is -0.995. The van der Waals surface area contributed by atoms with Crippen molar-refractivity contribution in [3.63, 3.8) is 0 Å². The second-order valence-electron chi connectivity index (χ2n) is 11.7. The highest BCUT2D eigenvalue weighted by molar-refractivity contribution is 5.84. The quantitative estimate of drug-likeness (QED) is 0.134. The predicted molar refractivity (Wildman–Crippen MR) is 178 cm³/mol. The molecule has 6 heterocycles. The van der Waals surface area contributed by atoms with Crippen molar-refractivity contribution < 1.29 is 27.5 Å². The number of fused-ring (bicyclic) bond motifs is 2. The number of anilines is 2. The number of halogens is 2. The second kappa shape index (κ2) is 15.4. The van der Waals surface area contributed by atoms with Gasteiger partial charge in [0.05, 0.1) is 24.5 Å². The summed E-state index contributed by atoms with van der Waals surface area (Å²) in [6, 6.07) is 9.20. The van der Waals surface area contributed by atoms with Gasteiger partial charge < -0.3 is 35.2 Å². The van der Waals surface area contributed by atoms with Gasteiger partial charge in [-0.05, 0) is 45.0 Å². The Morgan fingerprint density at radius 1 is 0.796 bits per heavy atom. The zero-order valence-corrected chi connectivity index (χ0v) is 27.2. The lowest BCUT2D eigenvalue weighted by molar-refractivity contribution is 0.100. The summed E-state index contributed by atoms with van der Waals surface area (Å²) in [5.41, 5.74) is 7.81. The van der Waals surface area contributed by atoms with E-state index >= 15 is 0 Å². The van der Waals surface area contributed by atoms with Gasteiger partial charge in [0.2, 0.25) is 0 Å². The fourth-order valence-corrected chi connectivity index (χ4v) is 4.76. The zero-order chi connectivity index (χ0) is 35.0. The van der Waals surface area contributed by atoms with Crippen molar-refractivity contribution in [2.45, 2.75) is 52.2 Å². The van der Waals surface area contributed by atoms with Crippen molar-refractivity contribution in [3.8, 4) is 0 Å². The van der Waals surface area contributed by atoms with Crippen LogP contribution in [-0.2, 0) is 25.9 Å². The largest absolute Gasteiger partial charge is 0.465 e. The Morgan fingerprint density at radius 2 is 1.29 bits per heavy atom. The SMILES string of the molecule is CC(C)(C)N(CCc1nc2c(NCc3ncccc3F)nccc2o1)C(=O)O.NCCc1nc2c(NCc3ncccc3F)nccc2o1. The number of aromatic nitrogens is 6. The molecule has 6 aromatic heterocycles. The molecule has 0 saturated carbocycles. The molecule has 0 spiro atoms. The van der Waals surface area contributed by atoms with Crippen molar-refractivity contribution in [2.24, 2.45) is 5.73 Å². The molecule has 0 aromatic carbocycles. The van der Waals surface area contributed by atoms with Gasteiger partial charge in [0, 0.05) is 68.4 Å². The van der Waals surface area contributed by atoms with Crippen molar-refractivity contribution >= 4 is 39.9 Å². The smallest absolute Gasteiger partial charge is 0.407 e. The molecule has 0 aliphatic heterocycles. The van der Waals surface area contributed by atoms with E-state index in [1.54, 1.807) is 36.8 Å². The number of amides is 1. The lowest BCUT2D eigenvalue weighted by Gasteiger charge is -2.32. The molecule has 0 fully saturated rings. The van der Waals surface area contributed by atoms with Gasteiger partial charge in [-0.2, -0.15) is 0 Å². The Kier molecular flexibility index (Phi) is 10.9. The summed E-state index contributed by atoms with van der Waals surface area (Å²) in [5, 5.41) is 15.4. The van der Waals surface area contributed by atoms with Gasteiger partial charge in [-0.25, -0.2) is 33.5 Å². The first-order chi connectivity index (χ1) is 23.5. The summed E-state index contributed by atoms with van der Waals surface area (Å²) in [4.78, 5) is 38.0. The summed E-state index contributed by atoms with van der Waals surface area (Å²) >= 11 is 0. The number of rotatable bonds is 11. The Labute approximate surface area is 279 Å². The van der Waals surface area contributed by atoms with E-state index in [1.165, 1.54) is 29.3 Å². The molecule has 14 nitrogen and oxygen atoms in total. The zero-order valence-electron chi connectivity index (χ0n) is 27.2. The Bertz CT molecular complexity index is 2030. The van der Waals surface area contributed by atoms with Crippen LogP contribution >= 0.6 is 0 Å². The third-order valence-electron chi connectivity index (χ3n) is 7.17. The van der Waals surface area contributed by atoms with Crippen molar-refractivity contribution in [3.05, 3.63) is 96.0 Å². The van der Waals surface area contributed by atoms with Crippen LogP contribution in [0.1, 0.15) is 43.9 Å². The summed E-state index contributed by atoms with van der Waals surface area (Å²) < 4.78 is 38.6. The van der Waals surface area contributed by atoms with E-state index < -0.39 is 17.4 Å². The van der Waals surface area contributed by atoms with Gasteiger partial charge in [-0.15, -0.1) is 0 Å². The van der Waals surface area contributed by atoms with Crippen LogP contribution in [0.5, 0.6) is 0 Å². The highest BCUT2D eigenvalue weighted by Gasteiger charge is 2.26. The Balaban J connectivity index is 0.000000199. The third-order valence-corrected chi connectivity index (χ3v) is 7.17. The highest BCUT2D eigenvalue weighted by Crippen LogP contribution is 2.24. The van der Waals surface area contributed by atoms with Gasteiger partial charge in [0.15, 0.2) is 45.6 Å². The van der Waals surface area contributed by atoms with Crippen LogP contribution in [0.15, 0.2) is 70.0 Å². The molecular formula is C33H36F2N10O4. The molecule has 16 heteroatoms. The lowest BCUT2D eigenvalue weighted by atomic mass is 10.1. The average molecular weight is 675 g/mol. The van der Waals surface area contributed by atoms with E-state index in [9.17, 15) is 18.7 Å². The first kappa shape index (κ1) is 34.6. The Hall–Kier alpha value is -5.77. The molecule has 256 valence electrons. The molecule has 49 heavy (non-hydrogen) atoms. The summed E-state index contributed by atoms with van der Waals surface area (Å²) in [6.45, 7) is 6.57. The number of carboxylic acid groups (broad SMARTS) is 1. The third kappa shape index (κ3) is 8.78. The van der Waals surface area contributed by atoms with Gasteiger partial charge >= 0.3 is 6.09 Å². The molecule has 6 rings (SSSR count). The fraction of sp³-hybridized carbons (Fsp3) is 0.303. The number of hydrogen-bond donors (Lipinski definition) is 4. The molecule has 0 atom stereocenters. The molecular weight excluding hydrogens is 638 g/mol. The summed E-state index contributed by atoms with van der Waals surface area (Å²) in [6.07, 6.45) is 6.12. The lowest BCUT2D eigenvalue weighted by Crippen LogP contribution is -2.45. The number of carbonyl (C=O) groups is 1. The maximum atomic E-state index is 13.7. The fourth-order valence-electron chi connectivity index (χ4n) is 4.76. The van der Waals surface area contributed by atoms with Crippen LogP contribution < -0.4 is 16.4 Å². The maximum Gasteiger partial charge on any atom is 0.407 e. The van der Waals surface area contributed by atoms with Gasteiger partial charge in [-0.1, -0.05) is 0 Å². The first-order valence-electron chi connectivity index (χ1n) is 15.4. The molecule has 0 radical (unpaired) electrons. The minimum Gasteiger partial charge on any atom is -0.465 e. The molecule has 1 amide bonds. The van der Waals surface area contributed by atoms with Crippen molar-refractivity contribution in [1.82, 2.24) is 34.8 Å². The minimum absolute atomic E-state index is 0.151. The van der Waals surface area contributed by atoms with E-state index in [2.05, 4.69) is 40.5 Å². The van der Waals surface area contributed by atoms with E-state index in [0.29, 0.717) is 70.7 Å². The van der Waals surface area contributed by atoms with Gasteiger partial charge in [0.1, 0.15) is 11.6 Å². The van der Waals surface area contributed by atoms with E-state index in [4.69, 9.17) is 14.6 Å². The highest BCUT2D eigenvalue weighted by atomic mass is 19.1. The molecule has 0 unspecified atom stereocenters. The van der Waals surface area contributed by atoms with Crippen molar-refractivity contribution in [2.75, 3.05) is 23.7 Å². The van der Waals surface area contributed by atoms with Crippen LogP contribution in [0.4, 0.5) is 25.2 Å². The molecule has 5 N–H and O–H groups in total. The number of nitrogens with zero attached hydrogens (tertiary/aromatic N) is 7. The molecule has 0 aliphatic rings. The van der Waals surface area contributed by atoms with Crippen LogP contribution in [0.2, 0.25) is 0 Å². The monoisotopic (exact) mass is 674 g/mol. The normalized spacial score (nSPS) is 11.3. The summed E-state index contributed by atoms with van der Waals surface area (Å²) in [7, 11) is 0. The van der Waals surface area contributed by atoms with Crippen molar-refractivity contribution in [1.29, 1.82) is 0 Å². The second-order valence-corrected chi connectivity index (χ2v) is 11.7. The van der Waals surface area contributed by atoms with Crippen LogP contribution in [0.3, 0.4) is 0 Å². The summed E-state index contributed by atoms with van der Waals surface area (Å²) in [5.74, 6) is 1.19. The van der Waals surface area contributed by atoms with Gasteiger partial charge in [0.25, 0.3) is 0 Å². The molecule has 0 bridgehead atoms. The van der Waals surface area contributed by atoms with E-state index in [1.807, 2.05) is 20.8 Å². The Morgan fingerprint density at radius 3 is 1.71 bits per heavy atom. The van der Waals surface area contributed by atoms with Gasteiger partial charge in [-0.3, -0.25) is 9.97 Å². The number of hydrogen-bond acceptors (Lipinski definition) is 12. The van der Waals surface area contributed by atoms with Crippen LogP contribution in [0, 0.1) is 11.6 Å². The topological polar surface area (TPSA) is 194 Å². The van der Waals surface area contributed by atoms with E-state index in [0.717, 1.165) is 0 Å². The average Bonchev–Trinajstić information content (AvgIpc) is 3.68. The maximum absolute atomic E-state index is 13.7. The number of pyridine rings is 4. The molecule has 0 saturated heterocycles. The van der Waals surface area contributed by atoms with Crippen LogP contribution in [0.25, 0.3) is 22.2 Å². The standard InChI is InChI=1S/C19H22FN5O3.C14H14FN5O/c1-19(2,3)25(18(26)27)10-7-15-24-16-14(28-15)6-9-22-17(16)23-11-13-12(20)5-4-8-21-13;15-9-2-1-6-17-10(9)8-19-14-13-11(4-7-18-14)21-12(20-13)3-5-16/h4-6,8-9H,7,10-11H2,1-3H3,(H,22,23)(H,26,27);1-2,4,6-7H,3,5,8,16H2,(H,18,19). The molecule has 6 aromatic rings. The first-order valence-corrected chi connectivity index (χ1v) is 15.4. The number of nitrogens with two attached hydrogens (primary N) is 1.